The van der Waals surface area contributed by atoms with Crippen molar-refractivity contribution in [2.45, 2.75) is 44.6 Å². The molecular formula is C13H19N3O. The monoisotopic (exact) mass is 233 g/mol. The van der Waals surface area contributed by atoms with E-state index in [0.29, 0.717) is 12.4 Å². The van der Waals surface area contributed by atoms with Gasteiger partial charge in [0.25, 0.3) is 0 Å². The average molecular weight is 233 g/mol. The highest BCUT2D eigenvalue weighted by atomic mass is 16.2. The van der Waals surface area contributed by atoms with Crippen molar-refractivity contribution in [2.75, 3.05) is 6.54 Å². The summed E-state index contributed by atoms with van der Waals surface area (Å²) >= 11 is 0. The van der Waals surface area contributed by atoms with Gasteiger partial charge < -0.3 is 4.90 Å². The van der Waals surface area contributed by atoms with E-state index in [0.717, 1.165) is 31.6 Å². The molecule has 0 aromatic heterocycles. The van der Waals surface area contributed by atoms with Gasteiger partial charge >= 0.3 is 6.03 Å². The van der Waals surface area contributed by atoms with Crippen LogP contribution in [0.1, 0.15) is 39.0 Å². The number of nitrogens with one attached hydrogen (secondary N) is 2. The van der Waals surface area contributed by atoms with Crippen LogP contribution < -0.4 is 5.32 Å². The van der Waals surface area contributed by atoms with Gasteiger partial charge in [0, 0.05) is 0 Å². The van der Waals surface area contributed by atoms with E-state index in [1.54, 1.807) is 4.90 Å². The van der Waals surface area contributed by atoms with E-state index in [-0.39, 0.29) is 6.03 Å². The third-order valence-corrected chi connectivity index (χ3v) is 4.22. The first-order valence-corrected chi connectivity index (χ1v) is 6.25. The number of hydrogen-bond acceptors (Lipinski definition) is 2. The second-order valence-electron chi connectivity index (χ2n) is 4.98. The Hall–Kier alpha value is -1.50. The Morgan fingerprint density at radius 1 is 1.59 bits per heavy atom. The van der Waals surface area contributed by atoms with Gasteiger partial charge in [0.1, 0.15) is 11.4 Å². The first-order chi connectivity index (χ1) is 8.14. The van der Waals surface area contributed by atoms with Crippen LogP contribution in [-0.2, 0) is 0 Å². The summed E-state index contributed by atoms with van der Waals surface area (Å²) in [7, 11) is 0. The number of rotatable bonds is 2. The predicted molar refractivity (Wildman–Crippen MR) is 66.8 cm³/mol. The molecule has 0 atom stereocenters. The maximum atomic E-state index is 11.8. The zero-order valence-electron chi connectivity index (χ0n) is 10.3. The summed E-state index contributed by atoms with van der Waals surface area (Å²) in [6.45, 7) is 2.50. The van der Waals surface area contributed by atoms with Gasteiger partial charge in [0.05, 0.1) is 6.54 Å². The first kappa shape index (κ1) is 12.0. The molecule has 2 amide bonds. The molecule has 1 spiro atoms. The number of carbonyl (C=O) groups is 1. The largest absolute Gasteiger partial charge is 0.324 e. The molecule has 0 aromatic rings. The topological polar surface area (TPSA) is 56.2 Å². The van der Waals surface area contributed by atoms with E-state index in [9.17, 15) is 4.79 Å². The molecule has 0 bridgehead atoms. The molecule has 2 rings (SSSR count). The Balaban J connectivity index is 2.20. The maximum absolute atomic E-state index is 11.8. The molecule has 0 unspecified atom stereocenters. The summed E-state index contributed by atoms with van der Waals surface area (Å²) in [6.07, 6.45) is 10.4. The summed E-state index contributed by atoms with van der Waals surface area (Å²) in [4.78, 5) is 13.4. The van der Waals surface area contributed by atoms with Gasteiger partial charge in [-0.05, 0) is 31.6 Å². The number of urea groups is 1. The molecule has 1 aliphatic heterocycles. The number of terminal acetylenes is 1. The van der Waals surface area contributed by atoms with Crippen LogP contribution in [0.4, 0.5) is 4.79 Å². The molecule has 2 fully saturated rings. The van der Waals surface area contributed by atoms with E-state index in [1.165, 1.54) is 6.42 Å². The minimum absolute atomic E-state index is 0.206. The SMILES string of the molecule is C#CCN1C(=O)NC(=N)C12CCC(CC)CC2. The van der Waals surface area contributed by atoms with Gasteiger partial charge in [-0.3, -0.25) is 10.7 Å². The van der Waals surface area contributed by atoms with Crippen molar-refractivity contribution < 1.29 is 4.79 Å². The van der Waals surface area contributed by atoms with Crippen molar-refractivity contribution >= 4 is 11.9 Å². The Kier molecular flexibility index (Phi) is 3.10. The van der Waals surface area contributed by atoms with Gasteiger partial charge in [0.2, 0.25) is 0 Å². The molecule has 0 radical (unpaired) electrons. The van der Waals surface area contributed by atoms with E-state index in [4.69, 9.17) is 11.8 Å². The van der Waals surface area contributed by atoms with Crippen LogP contribution in [0.25, 0.3) is 0 Å². The highest BCUT2D eigenvalue weighted by molar-refractivity contribution is 6.08. The number of carbonyl (C=O) groups excluding carboxylic acids is 1. The van der Waals surface area contributed by atoms with Crippen LogP contribution in [0.15, 0.2) is 0 Å². The zero-order chi connectivity index (χ0) is 12.5. The lowest BCUT2D eigenvalue weighted by molar-refractivity contribution is 0.138. The second-order valence-corrected chi connectivity index (χ2v) is 4.98. The van der Waals surface area contributed by atoms with Crippen LogP contribution >= 0.6 is 0 Å². The standard InChI is InChI=1S/C13H19N3O/c1-3-9-16-12(17)15-11(14)13(16)7-5-10(4-2)6-8-13/h1,10H,4-9H2,2H3,(H2,14,15,17). The van der Waals surface area contributed by atoms with Crippen LogP contribution in [0.2, 0.25) is 0 Å². The Morgan fingerprint density at radius 2 is 2.24 bits per heavy atom. The molecule has 0 aromatic carbocycles. The minimum atomic E-state index is -0.435. The Labute approximate surface area is 102 Å². The van der Waals surface area contributed by atoms with Crippen molar-refractivity contribution in [1.82, 2.24) is 10.2 Å². The van der Waals surface area contributed by atoms with Gasteiger partial charge in [-0.1, -0.05) is 19.3 Å². The molecule has 2 N–H and O–H groups in total. The van der Waals surface area contributed by atoms with Crippen molar-refractivity contribution in [3.05, 3.63) is 0 Å². The van der Waals surface area contributed by atoms with E-state index in [2.05, 4.69) is 18.2 Å². The smallest absolute Gasteiger partial charge is 0.301 e. The highest BCUT2D eigenvalue weighted by Crippen LogP contribution is 2.40. The van der Waals surface area contributed by atoms with Crippen molar-refractivity contribution in [1.29, 1.82) is 5.41 Å². The Morgan fingerprint density at radius 3 is 2.76 bits per heavy atom. The van der Waals surface area contributed by atoms with Crippen LogP contribution in [0.3, 0.4) is 0 Å². The summed E-state index contributed by atoms with van der Waals surface area (Å²) in [6, 6.07) is -0.206. The summed E-state index contributed by atoms with van der Waals surface area (Å²) in [5.41, 5.74) is -0.435. The average Bonchev–Trinajstić information content (AvgIpc) is 2.55. The number of nitrogens with zero attached hydrogens (tertiary/aromatic N) is 1. The van der Waals surface area contributed by atoms with Gasteiger partial charge in [0.15, 0.2) is 0 Å². The summed E-state index contributed by atoms with van der Waals surface area (Å²) in [5, 5.41) is 10.6. The molecule has 1 heterocycles. The maximum Gasteiger partial charge on any atom is 0.324 e. The fourth-order valence-electron chi connectivity index (χ4n) is 3.02. The summed E-state index contributed by atoms with van der Waals surface area (Å²) < 4.78 is 0. The van der Waals surface area contributed by atoms with Gasteiger partial charge in [-0.25, -0.2) is 4.79 Å². The van der Waals surface area contributed by atoms with E-state index >= 15 is 0 Å². The lowest BCUT2D eigenvalue weighted by Gasteiger charge is -2.41. The molecule has 92 valence electrons. The molecule has 2 aliphatic rings. The minimum Gasteiger partial charge on any atom is -0.301 e. The van der Waals surface area contributed by atoms with Crippen LogP contribution in [0, 0.1) is 23.7 Å². The molecule has 4 nitrogen and oxygen atoms in total. The molecule has 1 saturated heterocycles. The van der Waals surface area contributed by atoms with Crippen LogP contribution in [0.5, 0.6) is 0 Å². The number of amides is 2. The normalized spacial score (nSPS) is 32.7. The molecule has 17 heavy (non-hydrogen) atoms. The van der Waals surface area contributed by atoms with Crippen molar-refractivity contribution in [3.63, 3.8) is 0 Å². The molecule has 1 saturated carbocycles. The predicted octanol–water partition coefficient (Wildman–Crippen LogP) is 1.96. The quantitative estimate of drug-likeness (QED) is 0.704. The van der Waals surface area contributed by atoms with E-state index in [1.807, 2.05) is 0 Å². The highest BCUT2D eigenvalue weighted by Gasteiger charge is 2.51. The third kappa shape index (κ3) is 1.80. The number of amidine groups is 1. The fourth-order valence-corrected chi connectivity index (χ4v) is 3.02. The van der Waals surface area contributed by atoms with Gasteiger partial charge in [-0.15, -0.1) is 6.42 Å². The van der Waals surface area contributed by atoms with Gasteiger partial charge in [-0.2, -0.15) is 0 Å². The second kappa shape index (κ2) is 4.40. The fraction of sp³-hybridized carbons (Fsp3) is 0.692. The number of hydrogen-bond donors (Lipinski definition) is 2. The van der Waals surface area contributed by atoms with Crippen LogP contribution in [-0.4, -0.2) is 28.9 Å². The molecular weight excluding hydrogens is 214 g/mol. The first-order valence-electron chi connectivity index (χ1n) is 6.25. The summed E-state index contributed by atoms with van der Waals surface area (Å²) in [5.74, 6) is 3.60. The zero-order valence-corrected chi connectivity index (χ0v) is 10.3. The molecule has 4 heteroatoms. The lowest BCUT2D eigenvalue weighted by Crippen LogP contribution is -2.51. The van der Waals surface area contributed by atoms with Crippen molar-refractivity contribution in [3.8, 4) is 12.3 Å². The molecule has 1 aliphatic carbocycles. The third-order valence-electron chi connectivity index (χ3n) is 4.22. The van der Waals surface area contributed by atoms with Crippen molar-refractivity contribution in [2.24, 2.45) is 5.92 Å². The Bertz CT molecular complexity index is 375. The van der Waals surface area contributed by atoms with E-state index < -0.39 is 5.54 Å². The lowest BCUT2D eigenvalue weighted by atomic mass is 9.74.